The summed E-state index contributed by atoms with van der Waals surface area (Å²) in [6.07, 6.45) is 0.947. The average molecular weight is 538 g/mol. The van der Waals surface area contributed by atoms with Gasteiger partial charge in [0.05, 0.1) is 12.0 Å². The van der Waals surface area contributed by atoms with Gasteiger partial charge in [0.25, 0.3) is 0 Å². The van der Waals surface area contributed by atoms with Crippen molar-refractivity contribution in [3.05, 3.63) is 95.6 Å². The van der Waals surface area contributed by atoms with Crippen LogP contribution >= 0.6 is 0 Å². The smallest absolute Gasteiger partial charge is 0.242 e. The molecule has 3 rings (SSSR count). The maximum Gasteiger partial charge on any atom is 0.242 e. The number of nitrogens with one attached hydrogen (secondary N) is 2. The van der Waals surface area contributed by atoms with Crippen LogP contribution in [0, 0.1) is 0 Å². The minimum Gasteiger partial charge on any atom is -0.497 e. The molecule has 0 radical (unpaired) electrons. The van der Waals surface area contributed by atoms with Gasteiger partial charge in [-0.2, -0.15) is 0 Å². The van der Waals surface area contributed by atoms with Crippen LogP contribution < -0.4 is 14.8 Å². The predicted octanol–water partition coefficient (Wildman–Crippen LogP) is 3.31. The molecule has 2 N–H and O–H groups in total. The van der Waals surface area contributed by atoms with Crippen LogP contribution in [-0.2, 0) is 39.0 Å². The molecule has 1 atom stereocenters. The molecule has 2 amide bonds. The molecule has 0 unspecified atom stereocenters. The number of hydrogen-bond acceptors (Lipinski definition) is 5. The molecule has 9 heteroatoms. The molecule has 38 heavy (non-hydrogen) atoms. The van der Waals surface area contributed by atoms with Crippen LogP contribution in [0.5, 0.6) is 5.75 Å². The van der Waals surface area contributed by atoms with Crippen molar-refractivity contribution in [2.24, 2.45) is 0 Å². The fourth-order valence-corrected chi connectivity index (χ4v) is 5.19. The van der Waals surface area contributed by atoms with Crippen molar-refractivity contribution in [3.8, 4) is 5.75 Å². The van der Waals surface area contributed by atoms with Gasteiger partial charge < -0.3 is 15.0 Å². The first kappa shape index (κ1) is 28.9. The number of sulfonamides is 1. The number of carbonyl (C=O) groups excluding carboxylic acids is 2. The molecule has 0 saturated carbocycles. The Morgan fingerprint density at radius 1 is 0.895 bits per heavy atom. The van der Waals surface area contributed by atoms with Gasteiger partial charge in [-0.25, -0.2) is 13.1 Å². The molecule has 8 nitrogen and oxygen atoms in total. The zero-order valence-electron chi connectivity index (χ0n) is 22.0. The van der Waals surface area contributed by atoms with Crippen LogP contribution in [0.3, 0.4) is 0 Å². The first-order valence-corrected chi connectivity index (χ1v) is 14.0. The highest BCUT2D eigenvalue weighted by atomic mass is 32.2. The second kappa shape index (κ2) is 13.7. The molecule has 0 spiro atoms. The third-order valence-corrected chi connectivity index (χ3v) is 7.79. The highest BCUT2D eigenvalue weighted by Crippen LogP contribution is 2.19. The molecule has 0 aromatic heterocycles. The van der Waals surface area contributed by atoms with Gasteiger partial charge in [-0.05, 0) is 47.4 Å². The summed E-state index contributed by atoms with van der Waals surface area (Å²) in [6.45, 7) is 2.28. The molecule has 3 aromatic rings. The Balaban J connectivity index is 1.83. The van der Waals surface area contributed by atoms with Crippen molar-refractivity contribution in [3.63, 3.8) is 0 Å². The topological polar surface area (TPSA) is 105 Å². The van der Waals surface area contributed by atoms with Gasteiger partial charge >= 0.3 is 0 Å². The van der Waals surface area contributed by atoms with Crippen molar-refractivity contribution < 1.29 is 22.7 Å². The van der Waals surface area contributed by atoms with E-state index < -0.39 is 16.1 Å². The summed E-state index contributed by atoms with van der Waals surface area (Å²) >= 11 is 0. The van der Waals surface area contributed by atoms with Gasteiger partial charge in [0, 0.05) is 33.0 Å². The van der Waals surface area contributed by atoms with Crippen LogP contribution in [0.15, 0.2) is 83.8 Å². The minimum atomic E-state index is -3.54. The maximum absolute atomic E-state index is 13.6. The van der Waals surface area contributed by atoms with E-state index in [1.807, 2.05) is 54.6 Å². The molecule has 0 heterocycles. The summed E-state index contributed by atoms with van der Waals surface area (Å²) in [7, 11) is -0.383. The van der Waals surface area contributed by atoms with Crippen LogP contribution in [0.25, 0.3) is 0 Å². The van der Waals surface area contributed by atoms with Gasteiger partial charge in [-0.15, -0.1) is 0 Å². The maximum atomic E-state index is 13.6. The SMILES string of the molecule is CCNS(=O)(=O)c1ccc(CCC(=O)N(Cc2ccc(OC)cc2)[C@H](Cc2ccccc2)C(=O)NC)cc1. The first-order valence-electron chi connectivity index (χ1n) is 12.5. The minimum absolute atomic E-state index is 0.164. The predicted molar refractivity (Wildman–Crippen MR) is 147 cm³/mol. The van der Waals surface area contributed by atoms with Crippen molar-refractivity contribution in [2.75, 3.05) is 20.7 Å². The monoisotopic (exact) mass is 537 g/mol. The summed E-state index contributed by atoms with van der Waals surface area (Å²) in [6, 6.07) is 22.8. The van der Waals surface area contributed by atoms with Crippen LogP contribution in [0.2, 0.25) is 0 Å². The third kappa shape index (κ3) is 7.90. The lowest BCUT2D eigenvalue weighted by Gasteiger charge is -2.31. The average Bonchev–Trinajstić information content (AvgIpc) is 2.94. The lowest BCUT2D eigenvalue weighted by Crippen LogP contribution is -2.49. The third-order valence-electron chi connectivity index (χ3n) is 6.23. The molecular weight excluding hydrogens is 502 g/mol. The van der Waals surface area contributed by atoms with E-state index in [-0.39, 0.29) is 29.7 Å². The lowest BCUT2D eigenvalue weighted by molar-refractivity contribution is -0.141. The van der Waals surface area contributed by atoms with Crippen molar-refractivity contribution in [2.45, 2.75) is 43.7 Å². The zero-order valence-corrected chi connectivity index (χ0v) is 22.8. The van der Waals surface area contributed by atoms with Crippen molar-refractivity contribution in [1.29, 1.82) is 0 Å². The van der Waals surface area contributed by atoms with E-state index in [0.29, 0.717) is 25.1 Å². The number of amides is 2. The Morgan fingerprint density at radius 2 is 1.53 bits per heavy atom. The molecule has 0 aliphatic carbocycles. The number of benzene rings is 3. The molecule has 202 valence electrons. The Labute approximate surface area is 225 Å². The quantitative estimate of drug-likeness (QED) is 0.348. The molecular formula is C29H35N3O5S. The van der Waals surface area contributed by atoms with Gasteiger partial charge in [0.2, 0.25) is 21.8 Å². The lowest BCUT2D eigenvalue weighted by atomic mass is 10.0. The summed E-state index contributed by atoms with van der Waals surface area (Å²) in [5, 5.41) is 2.71. The Morgan fingerprint density at radius 3 is 2.11 bits per heavy atom. The second-order valence-electron chi connectivity index (χ2n) is 8.83. The molecule has 0 bridgehead atoms. The van der Waals surface area contributed by atoms with E-state index in [4.69, 9.17) is 4.74 Å². The Bertz CT molecular complexity index is 1290. The second-order valence-corrected chi connectivity index (χ2v) is 10.6. The van der Waals surface area contributed by atoms with Crippen molar-refractivity contribution >= 4 is 21.8 Å². The Hall–Kier alpha value is -3.69. The highest BCUT2D eigenvalue weighted by molar-refractivity contribution is 7.89. The number of likely N-dealkylation sites (N-methyl/N-ethyl adjacent to an activating group) is 1. The number of carbonyl (C=O) groups is 2. The summed E-state index contributed by atoms with van der Waals surface area (Å²) < 4.78 is 32.1. The fourth-order valence-electron chi connectivity index (χ4n) is 4.15. The largest absolute Gasteiger partial charge is 0.497 e. The number of ether oxygens (including phenoxy) is 1. The van der Waals surface area contributed by atoms with Gasteiger partial charge in [-0.3, -0.25) is 9.59 Å². The zero-order chi connectivity index (χ0) is 27.5. The van der Waals surface area contributed by atoms with Gasteiger partial charge in [0.1, 0.15) is 11.8 Å². The summed E-state index contributed by atoms with van der Waals surface area (Å²) in [4.78, 5) is 28.4. The first-order chi connectivity index (χ1) is 18.3. The van der Waals surface area contributed by atoms with Crippen LogP contribution in [-0.4, -0.2) is 51.9 Å². The standard InChI is InChI=1S/C29H35N3O5S/c1-4-31-38(35,36)26-17-12-22(13-18-26)14-19-28(33)32(21-24-10-15-25(37-3)16-11-24)27(29(34)30-2)20-23-8-6-5-7-9-23/h5-13,15-18,27,31H,4,14,19-21H2,1-3H3,(H,30,34)/t27-/m1/s1. The van der Waals surface area contributed by atoms with Gasteiger partial charge in [-0.1, -0.05) is 61.5 Å². The Kier molecular flexibility index (Phi) is 10.4. The normalized spacial score (nSPS) is 12.0. The molecule has 0 aliphatic heterocycles. The van der Waals surface area contributed by atoms with E-state index in [2.05, 4.69) is 10.0 Å². The molecule has 0 fully saturated rings. The van der Waals surface area contributed by atoms with E-state index in [1.165, 1.54) is 12.1 Å². The van der Waals surface area contributed by atoms with E-state index >= 15 is 0 Å². The number of rotatable bonds is 13. The number of methoxy groups -OCH3 is 1. The number of hydrogen-bond donors (Lipinski definition) is 2. The molecule has 0 aliphatic rings. The van der Waals surface area contributed by atoms with E-state index in [0.717, 1.165) is 16.7 Å². The number of nitrogens with zero attached hydrogens (tertiary/aromatic N) is 1. The van der Waals surface area contributed by atoms with Crippen LogP contribution in [0.1, 0.15) is 30.0 Å². The highest BCUT2D eigenvalue weighted by Gasteiger charge is 2.29. The summed E-state index contributed by atoms with van der Waals surface area (Å²) in [5.74, 6) is 0.293. The summed E-state index contributed by atoms with van der Waals surface area (Å²) in [5.41, 5.74) is 2.66. The fraction of sp³-hybridized carbons (Fsp3) is 0.310. The van der Waals surface area contributed by atoms with Gasteiger partial charge in [0.15, 0.2) is 0 Å². The molecule has 0 saturated heterocycles. The van der Waals surface area contributed by atoms with E-state index in [9.17, 15) is 18.0 Å². The van der Waals surface area contributed by atoms with Crippen LogP contribution in [0.4, 0.5) is 0 Å². The van der Waals surface area contributed by atoms with Crippen molar-refractivity contribution in [1.82, 2.24) is 14.9 Å². The molecule has 3 aromatic carbocycles. The van der Waals surface area contributed by atoms with E-state index in [1.54, 1.807) is 38.1 Å². The number of aryl methyl sites for hydroxylation is 1.